The maximum absolute atomic E-state index is 12.9. The third-order valence-electron chi connectivity index (χ3n) is 5.29. The van der Waals surface area contributed by atoms with Crippen LogP contribution in [0.5, 0.6) is 0 Å². The van der Waals surface area contributed by atoms with Crippen LogP contribution < -0.4 is 21.1 Å². The second kappa shape index (κ2) is 9.47. The molecule has 3 heterocycles. The number of piperazine rings is 1. The van der Waals surface area contributed by atoms with Gasteiger partial charge in [-0.2, -0.15) is 23.4 Å². The fourth-order valence-electron chi connectivity index (χ4n) is 3.46. The SMILES string of the molecule is CC(=O)NNC(=O)Cc1nnc(C2CNCCN2c2ccc(C(F)(F)F)cn2)c(C)c1C. The second-order valence-corrected chi connectivity index (χ2v) is 7.50. The van der Waals surface area contributed by atoms with E-state index in [1.165, 1.54) is 13.0 Å². The van der Waals surface area contributed by atoms with E-state index in [1.54, 1.807) is 0 Å². The Morgan fingerprint density at radius 2 is 1.94 bits per heavy atom. The number of nitrogens with zero attached hydrogens (tertiary/aromatic N) is 4. The van der Waals surface area contributed by atoms with E-state index >= 15 is 0 Å². The number of hydrazine groups is 1. The van der Waals surface area contributed by atoms with Gasteiger partial charge in [-0.1, -0.05) is 0 Å². The molecule has 1 unspecified atom stereocenters. The van der Waals surface area contributed by atoms with Crippen molar-refractivity contribution in [2.45, 2.75) is 39.4 Å². The molecule has 12 heteroatoms. The lowest BCUT2D eigenvalue weighted by Crippen LogP contribution is -2.47. The van der Waals surface area contributed by atoms with Crippen molar-refractivity contribution in [1.29, 1.82) is 0 Å². The number of pyridine rings is 1. The first-order valence-electron chi connectivity index (χ1n) is 9.96. The minimum absolute atomic E-state index is 0.0622. The first-order chi connectivity index (χ1) is 15.1. The standard InChI is InChI=1S/C20H24F3N7O2/c1-11-12(2)19(29-27-15(11)8-18(32)28-26-13(3)31)16-10-24-6-7-30(16)17-5-4-14(9-25-17)20(21,22)23/h4-5,9,16,24H,6-8,10H2,1-3H3,(H,26,31)(H,28,32). The summed E-state index contributed by atoms with van der Waals surface area (Å²) in [5.74, 6) is -0.406. The molecule has 1 aliphatic rings. The maximum atomic E-state index is 12.9. The van der Waals surface area contributed by atoms with Crippen LogP contribution in [0.2, 0.25) is 0 Å². The summed E-state index contributed by atoms with van der Waals surface area (Å²) in [6.07, 6.45) is -3.68. The average molecular weight is 451 g/mol. The Bertz CT molecular complexity index is 996. The summed E-state index contributed by atoms with van der Waals surface area (Å²) in [6.45, 7) is 6.66. The molecule has 0 spiro atoms. The quantitative estimate of drug-likeness (QED) is 0.602. The maximum Gasteiger partial charge on any atom is 0.417 e. The van der Waals surface area contributed by atoms with Crippen LogP contribution in [0.25, 0.3) is 0 Å². The van der Waals surface area contributed by atoms with Gasteiger partial charge < -0.3 is 10.2 Å². The van der Waals surface area contributed by atoms with Gasteiger partial charge in [0, 0.05) is 32.8 Å². The molecule has 0 bridgehead atoms. The Kier molecular flexibility index (Phi) is 6.92. The van der Waals surface area contributed by atoms with E-state index in [4.69, 9.17) is 0 Å². The molecule has 2 aromatic heterocycles. The molecule has 0 aromatic carbocycles. The number of amides is 2. The zero-order valence-electron chi connectivity index (χ0n) is 17.9. The molecule has 2 aromatic rings. The Labute approximate surface area is 182 Å². The monoisotopic (exact) mass is 451 g/mol. The predicted molar refractivity (Wildman–Crippen MR) is 109 cm³/mol. The highest BCUT2D eigenvalue weighted by Gasteiger charge is 2.32. The molecule has 3 N–H and O–H groups in total. The van der Waals surface area contributed by atoms with Crippen LogP contribution in [-0.4, -0.2) is 46.6 Å². The summed E-state index contributed by atoms with van der Waals surface area (Å²) in [6, 6.07) is 2.08. The Balaban J connectivity index is 1.84. The van der Waals surface area contributed by atoms with Gasteiger partial charge in [-0.25, -0.2) is 4.98 Å². The van der Waals surface area contributed by atoms with Gasteiger partial charge in [0.25, 0.3) is 0 Å². The molecule has 1 fully saturated rings. The van der Waals surface area contributed by atoms with Gasteiger partial charge in [0.1, 0.15) is 5.82 Å². The average Bonchev–Trinajstić information content (AvgIpc) is 2.75. The predicted octanol–water partition coefficient (Wildman–Crippen LogP) is 1.37. The molecule has 3 rings (SSSR count). The summed E-state index contributed by atoms with van der Waals surface area (Å²) in [5, 5.41) is 11.8. The van der Waals surface area contributed by atoms with Crippen LogP contribution in [0, 0.1) is 13.8 Å². The van der Waals surface area contributed by atoms with E-state index in [1.807, 2.05) is 18.7 Å². The van der Waals surface area contributed by atoms with Crippen LogP contribution in [0.4, 0.5) is 19.0 Å². The van der Waals surface area contributed by atoms with Crippen molar-refractivity contribution in [3.05, 3.63) is 46.4 Å². The number of aromatic nitrogens is 3. The molecule has 0 aliphatic carbocycles. The molecular weight excluding hydrogens is 427 g/mol. The fraction of sp³-hybridized carbons (Fsp3) is 0.450. The first kappa shape index (κ1) is 23.4. The van der Waals surface area contributed by atoms with Gasteiger partial charge in [0.15, 0.2) is 0 Å². The van der Waals surface area contributed by atoms with Gasteiger partial charge in [0.05, 0.1) is 29.4 Å². The molecular formula is C20H24F3N7O2. The Hall–Kier alpha value is -3.28. The molecule has 32 heavy (non-hydrogen) atoms. The summed E-state index contributed by atoms with van der Waals surface area (Å²) in [4.78, 5) is 28.9. The van der Waals surface area contributed by atoms with Gasteiger partial charge in [0.2, 0.25) is 11.8 Å². The molecule has 9 nitrogen and oxygen atoms in total. The molecule has 0 radical (unpaired) electrons. The van der Waals surface area contributed by atoms with Crippen LogP contribution >= 0.6 is 0 Å². The number of alkyl halides is 3. The second-order valence-electron chi connectivity index (χ2n) is 7.50. The van der Waals surface area contributed by atoms with Crippen molar-refractivity contribution in [2.24, 2.45) is 0 Å². The summed E-state index contributed by atoms with van der Waals surface area (Å²) in [5.41, 5.74) is 6.43. The van der Waals surface area contributed by atoms with Gasteiger partial charge in [-0.15, -0.1) is 0 Å². The molecule has 0 saturated carbocycles. The van der Waals surface area contributed by atoms with E-state index in [2.05, 4.69) is 31.3 Å². The minimum Gasteiger partial charge on any atom is -0.345 e. The Morgan fingerprint density at radius 1 is 1.19 bits per heavy atom. The molecule has 172 valence electrons. The van der Waals surface area contributed by atoms with E-state index in [-0.39, 0.29) is 12.5 Å². The van der Waals surface area contributed by atoms with Crippen molar-refractivity contribution in [3.8, 4) is 0 Å². The van der Waals surface area contributed by atoms with Crippen molar-refractivity contribution in [3.63, 3.8) is 0 Å². The third kappa shape index (κ3) is 5.31. The fourth-order valence-corrected chi connectivity index (χ4v) is 3.46. The number of carbonyl (C=O) groups is 2. The number of nitrogens with one attached hydrogen (secondary N) is 3. The number of halogens is 3. The molecule has 1 saturated heterocycles. The Morgan fingerprint density at radius 3 is 2.56 bits per heavy atom. The summed E-state index contributed by atoms with van der Waals surface area (Å²) < 4.78 is 38.7. The van der Waals surface area contributed by atoms with Crippen LogP contribution in [0.1, 0.15) is 41.0 Å². The highest BCUT2D eigenvalue weighted by molar-refractivity contribution is 5.82. The van der Waals surface area contributed by atoms with Gasteiger partial charge in [-0.3, -0.25) is 20.4 Å². The molecule has 2 amide bonds. The van der Waals surface area contributed by atoms with Crippen molar-refractivity contribution < 1.29 is 22.8 Å². The van der Waals surface area contributed by atoms with Crippen LogP contribution in [0.15, 0.2) is 18.3 Å². The summed E-state index contributed by atoms with van der Waals surface area (Å²) >= 11 is 0. The normalized spacial score (nSPS) is 16.6. The lowest BCUT2D eigenvalue weighted by molar-refractivity contribution is -0.137. The van der Waals surface area contributed by atoms with Crippen molar-refractivity contribution in [2.75, 3.05) is 24.5 Å². The molecule has 1 aliphatic heterocycles. The lowest BCUT2D eigenvalue weighted by Gasteiger charge is -2.37. The number of anilines is 1. The van der Waals surface area contributed by atoms with Crippen LogP contribution in [-0.2, 0) is 22.2 Å². The summed E-state index contributed by atoms with van der Waals surface area (Å²) in [7, 11) is 0. The minimum atomic E-state index is -4.45. The smallest absolute Gasteiger partial charge is 0.345 e. The zero-order chi connectivity index (χ0) is 23.5. The van der Waals surface area contributed by atoms with Crippen molar-refractivity contribution in [1.82, 2.24) is 31.3 Å². The van der Waals surface area contributed by atoms with Gasteiger partial charge >= 0.3 is 6.18 Å². The van der Waals surface area contributed by atoms with Crippen molar-refractivity contribution >= 4 is 17.6 Å². The number of rotatable bonds is 4. The van der Waals surface area contributed by atoms with E-state index in [0.29, 0.717) is 36.8 Å². The lowest BCUT2D eigenvalue weighted by atomic mass is 9.99. The van der Waals surface area contributed by atoms with Crippen LogP contribution in [0.3, 0.4) is 0 Å². The van der Waals surface area contributed by atoms with E-state index < -0.39 is 23.6 Å². The highest BCUT2D eigenvalue weighted by atomic mass is 19.4. The van der Waals surface area contributed by atoms with Gasteiger partial charge in [-0.05, 0) is 37.1 Å². The number of carbonyl (C=O) groups excluding carboxylic acids is 2. The first-order valence-corrected chi connectivity index (χ1v) is 9.96. The molecule has 1 atom stereocenters. The largest absolute Gasteiger partial charge is 0.417 e. The number of hydrogen-bond donors (Lipinski definition) is 3. The third-order valence-corrected chi connectivity index (χ3v) is 5.29. The van der Waals surface area contributed by atoms with E-state index in [9.17, 15) is 22.8 Å². The van der Waals surface area contributed by atoms with E-state index in [0.717, 1.165) is 23.4 Å². The zero-order valence-corrected chi connectivity index (χ0v) is 17.9. The number of hydrogen-bond acceptors (Lipinski definition) is 7. The highest BCUT2D eigenvalue weighted by Crippen LogP contribution is 2.32. The topological polar surface area (TPSA) is 112 Å².